The van der Waals surface area contributed by atoms with Crippen molar-refractivity contribution in [1.29, 1.82) is 0 Å². The third-order valence-electron chi connectivity index (χ3n) is 3.86. The number of aromatic amines is 2. The number of hydrogen-bond donors (Lipinski definition) is 2. The summed E-state index contributed by atoms with van der Waals surface area (Å²) in [6, 6.07) is 2.47. The van der Waals surface area contributed by atoms with E-state index in [0.717, 1.165) is 6.07 Å². The monoisotopic (exact) mass is 464 g/mol. The van der Waals surface area contributed by atoms with E-state index < -0.39 is 44.7 Å². The van der Waals surface area contributed by atoms with Crippen molar-refractivity contribution in [3.05, 3.63) is 55.6 Å². The Labute approximate surface area is 169 Å². The van der Waals surface area contributed by atoms with E-state index in [2.05, 4.69) is 25.6 Å². The molecule has 2 N–H and O–H groups in total. The molecule has 4 aromatic rings. The minimum absolute atomic E-state index is 0.0136. The highest BCUT2D eigenvalue weighted by molar-refractivity contribution is 5.84. The number of hydrogen-bond acceptors (Lipinski definition) is 8. The number of nitro groups is 2. The minimum Gasteiger partial charge on any atom is -0.258 e. The number of rotatable bonds is 2. The number of non-ortho nitro benzene ring substituents is 1. The lowest BCUT2D eigenvalue weighted by atomic mass is 10.1. The van der Waals surface area contributed by atoms with Crippen LogP contribution in [0, 0.1) is 20.2 Å². The molecule has 0 unspecified atom stereocenters. The normalized spacial score (nSPS) is 11.9. The Bertz CT molecular complexity index is 1330. The van der Waals surface area contributed by atoms with Gasteiger partial charge in [-0.25, -0.2) is 0 Å². The van der Waals surface area contributed by atoms with Gasteiger partial charge in [0, 0.05) is 12.1 Å². The van der Waals surface area contributed by atoms with E-state index in [-0.39, 0.29) is 22.1 Å². The zero-order valence-corrected chi connectivity index (χ0v) is 14.9. The first-order valence-electron chi connectivity index (χ1n) is 7.91. The molecule has 0 radical (unpaired) electrons. The Balaban J connectivity index is 0.000000181. The van der Waals surface area contributed by atoms with Crippen molar-refractivity contribution >= 4 is 33.4 Å². The van der Waals surface area contributed by atoms with Gasteiger partial charge in [0.2, 0.25) is 0 Å². The standard InChI is InChI=1S/2C7H3F3N4O2/c8-7(9,10)3-1-4-5(12-13-11-4)2-6(3)14(15)16;8-7(9,10)3-1-4-6(12-13-11-4)5(2-3)14(15)16/h2*1-2H,(H,11,12,13). The van der Waals surface area contributed by atoms with Gasteiger partial charge in [-0.05, 0) is 12.1 Å². The molecule has 0 saturated heterocycles. The van der Waals surface area contributed by atoms with E-state index in [1.807, 2.05) is 5.21 Å². The summed E-state index contributed by atoms with van der Waals surface area (Å²) in [6.07, 6.45) is -9.45. The number of nitrogens with one attached hydrogen (secondary N) is 2. The largest absolute Gasteiger partial charge is 0.423 e. The lowest BCUT2D eigenvalue weighted by Crippen LogP contribution is -2.08. The summed E-state index contributed by atoms with van der Waals surface area (Å²) < 4.78 is 74.6. The van der Waals surface area contributed by atoms with Gasteiger partial charge < -0.3 is 0 Å². The molecule has 0 amide bonds. The molecule has 0 aliphatic carbocycles. The summed E-state index contributed by atoms with van der Waals surface area (Å²) in [5.74, 6) is 0. The molecule has 32 heavy (non-hydrogen) atoms. The van der Waals surface area contributed by atoms with Crippen molar-refractivity contribution < 1.29 is 36.2 Å². The lowest BCUT2D eigenvalue weighted by Gasteiger charge is -2.06. The average molecular weight is 464 g/mol. The van der Waals surface area contributed by atoms with Crippen LogP contribution in [0.25, 0.3) is 22.1 Å². The maximum atomic E-state index is 12.5. The van der Waals surface area contributed by atoms with E-state index in [9.17, 15) is 46.6 Å². The molecule has 0 fully saturated rings. The summed E-state index contributed by atoms with van der Waals surface area (Å²) in [5, 5.41) is 38.9. The SMILES string of the molecule is O=[N+]([O-])c1cc(C(F)(F)F)cc2n[nH]nc12.O=[N+]([O-])c1cc2n[nH]nc2cc1C(F)(F)F. The fourth-order valence-electron chi connectivity index (χ4n) is 2.49. The smallest absolute Gasteiger partial charge is 0.258 e. The Hall–Kier alpha value is -4.38. The molecule has 0 atom stereocenters. The van der Waals surface area contributed by atoms with Crippen molar-refractivity contribution in [3.63, 3.8) is 0 Å². The topological polar surface area (TPSA) is 169 Å². The first-order chi connectivity index (χ1) is 14.8. The molecule has 12 nitrogen and oxygen atoms in total. The number of halogens is 6. The van der Waals surface area contributed by atoms with Crippen molar-refractivity contribution in [1.82, 2.24) is 30.8 Å². The van der Waals surface area contributed by atoms with Gasteiger partial charge in [-0.15, -0.1) is 5.10 Å². The summed E-state index contributed by atoms with van der Waals surface area (Å²) >= 11 is 0. The van der Waals surface area contributed by atoms with Crippen LogP contribution in [-0.4, -0.2) is 40.7 Å². The molecule has 2 aromatic heterocycles. The summed E-state index contributed by atoms with van der Waals surface area (Å²) in [7, 11) is 0. The first-order valence-corrected chi connectivity index (χ1v) is 7.91. The molecule has 18 heteroatoms. The fraction of sp³-hybridized carbons (Fsp3) is 0.143. The van der Waals surface area contributed by atoms with Crippen molar-refractivity contribution in [2.24, 2.45) is 0 Å². The van der Waals surface area contributed by atoms with Crippen LogP contribution in [0.5, 0.6) is 0 Å². The molecule has 168 valence electrons. The Morgan fingerprint density at radius 2 is 1.22 bits per heavy atom. The number of alkyl halides is 6. The second-order valence-corrected chi connectivity index (χ2v) is 5.88. The molecule has 0 aliphatic rings. The highest BCUT2D eigenvalue weighted by Gasteiger charge is 2.39. The number of nitrogens with zero attached hydrogens (tertiary/aromatic N) is 6. The van der Waals surface area contributed by atoms with Gasteiger partial charge in [-0.2, -0.15) is 52.1 Å². The number of nitro benzene ring substituents is 2. The molecular formula is C14H6F6N8O4. The van der Waals surface area contributed by atoms with Crippen LogP contribution in [0.1, 0.15) is 11.1 Å². The Morgan fingerprint density at radius 1 is 0.688 bits per heavy atom. The second kappa shape index (κ2) is 7.71. The van der Waals surface area contributed by atoms with Gasteiger partial charge in [0.15, 0.2) is 5.52 Å². The molecule has 0 bridgehead atoms. The Kier molecular flexibility index (Phi) is 5.37. The molecule has 0 aliphatic heterocycles. The zero-order valence-electron chi connectivity index (χ0n) is 14.9. The van der Waals surface area contributed by atoms with E-state index in [1.54, 1.807) is 0 Å². The zero-order chi connectivity index (χ0) is 23.8. The van der Waals surface area contributed by atoms with Crippen molar-refractivity contribution in [2.45, 2.75) is 12.4 Å². The van der Waals surface area contributed by atoms with Crippen LogP contribution < -0.4 is 0 Å². The highest BCUT2D eigenvalue weighted by atomic mass is 19.4. The van der Waals surface area contributed by atoms with E-state index in [1.165, 1.54) is 0 Å². The van der Waals surface area contributed by atoms with Crippen LogP contribution >= 0.6 is 0 Å². The molecule has 4 rings (SSSR count). The molecule has 0 saturated carbocycles. The molecule has 0 spiro atoms. The lowest BCUT2D eigenvalue weighted by molar-refractivity contribution is -0.387. The van der Waals surface area contributed by atoms with Gasteiger partial charge in [0.1, 0.15) is 22.1 Å². The summed E-state index contributed by atoms with van der Waals surface area (Å²) in [4.78, 5) is 19.0. The molecule has 2 aromatic carbocycles. The Morgan fingerprint density at radius 3 is 1.75 bits per heavy atom. The highest BCUT2D eigenvalue weighted by Crippen LogP contribution is 2.37. The van der Waals surface area contributed by atoms with Crippen LogP contribution in [0.4, 0.5) is 37.7 Å². The average Bonchev–Trinajstić information content (AvgIpc) is 3.33. The maximum Gasteiger partial charge on any atom is 0.423 e. The van der Waals surface area contributed by atoms with Crippen LogP contribution in [0.2, 0.25) is 0 Å². The van der Waals surface area contributed by atoms with Gasteiger partial charge in [0.05, 0.1) is 15.4 Å². The van der Waals surface area contributed by atoms with Crippen LogP contribution in [0.15, 0.2) is 24.3 Å². The van der Waals surface area contributed by atoms with E-state index in [4.69, 9.17) is 0 Å². The summed E-state index contributed by atoms with van der Waals surface area (Å²) in [6.45, 7) is 0. The number of fused-ring (bicyclic) bond motifs is 2. The van der Waals surface area contributed by atoms with E-state index >= 15 is 0 Å². The first kappa shape index (κ1) is 22.3. The molecular weight excluding hydrogens is 458 g/mol. The van der Waals surface area contributed by atoms with Gasteiger partial charge in [-0.1, -0.05) is 0 Å². The quantitative estimate of drug-likeness (QED) is 0.257. The third-order valence-corrected chi connectivity index (χ3v) is 3.86. The minimum atomic E-state index is -4.80. The molecule has 2 heterocycles. The van der Waals surface area contributed by atoms with Crippen molar-refractivity contribution in [2.75, 3.05) is 0 Å². The third kappa shape index (κ3) is 4.37. The van der Waals surface area contributed by atoms with Crippen LogP contribution in [0.3, 0.4) is 0 Å². The number of benzene rings is 2. The van der Waals surface area contributed by atoms with Crippen LogP contribution in [-0.2, 0) is 12.4 Å². The van der Waals surface area contributed by atoms with Gasteiger partial charge in [-0.3, -0.25) is 20.2 Å². The number of H-pyrrole nitrogens is 2. The van der Waals surface area contributed by atoms with Crippen molar-refractivity contribution in [3.8, 4) is 0 Å². The second-order valence-electron chi connectivity index (χ2n) is 5.88. The van der Waals surface area contributed by atoms with Gasteiger partial charge in [0.25, 0.3) is 11.4 Å². The summed E-state index contributed by atoms with van der Waals surface area (Å²) in [5.41, 5.74) is -4.66. The maximum absolute atomic E-state index is 12.5. The predicted octanol–water partition coefficient (Wildman–Crippen LogP) is 3.77. The van der Waals surface area contributed by atoms with E-state index in [0.29, 0.717) is 18.2 Å². The van der Waals surface area contributed by atoms with Gasteiger partial charge >= 0.3 is 12.4 Å². The predicted molar refractivity (Wildman–Crippen MR) is 91.1 cm³/mol. The number of aromatic nitrogens is 6. The fourth-order valence-corrected chi connectivity index (χ4v) is 2.49.